The fourth-order valence-electron chi connectivity index (χ4n) is 2.99. The van der Waals surface area contributed by atoms with Gasteiger partial charge in [0.1, 0.15) is 0 Å². The van der Waals surface area contributed by atoms with E-state index in [0.717, 1.165) is 11.3 Å². The smallest absolute Gasteiger partial charge is 0.229 e. The molecule has 3 rings (SSSR count). The predicted octanol–water partition coefficient (Wildman–Crippen LogP) is 3.19. The topological polar surface area (TPSA) is 66.5 Å². The van der Waals surface area contributed by atoms with Crippen molar-refractivity contribution in [1.82, 2.24) is 0 Å². The first-order valence-corrected chi connectivity index (χ1v) is 8.23. The van der Waals surface area contributed by atoms with Gasteiger partial charge in [-0.1, -0.05) is 24.3 Å². The van der Waals surface area contributed by atoms with Crippen molar-refractivity contribution in [3.8, 4) is 0 Å². The quantitative estimate of drug-likeness (QED) is 0.872. The highest BCUT2D eigenvalue weighted by Crippen LogP contribution is 2.26. The van der Waals surface area contributed by atoms with Gasteiger partial charge in [-0.05, 0) is 43.7 Å². The Morgan fingerprint density at radius 2 is 1.88 bits per heavy atom. The Morgan fingerprint density at radius 1 is 1.12 bits per heavy atom. The van der Waals surface area contributed by atoms with Crippen LogP contribution in [0.2, 0.25) is 0 Å². The minimum absolute atomic E-state index is 0.0526. The summed E-state index contributed by atoms with van der Waals surface area (Å²) in [4.78, 5) is 37.9. The van der Waals surface area contributed by atoms with Crippen molar-refractivity contribution < 1.29 is 14.4 Å². The number of carbonyl (C=O) groups excluding carboxylic acids is 3. The number of nitrogens with zero attached hydrogens (tertiary/aromatic N) is 1. The summed E-state index contributed by atoms with van der Waals surface area (Å²) in [6, 6.07) is 14.5. The van der Waals surface area contributed by atoms with Crippen LogP contribution >= 0.6 is 0 Å². The number of hydrogen-bond acceptors (Lipinski definition) is 3. The standard InChI is InChI=1S/C20H20N2O3/c1-13-5-3-8-18(9-13)22-12-16(11-19(22)24)20(25)21-17-7-4-6-15(10-17)14(2)23/h3-10,16H,11-12H2,1-2H3,(H,21,25)/t16-/m0/s1. The van der Waals surface area contributed by atoms with Crippen molar-refractivity contribution in [1.29, 1.82) is 0 Å². The van der Waals surface area contributed by atoms with Crippen molar-refractivity contribution in [2.75, 3.05) is 16.8 Å². The van der Waals surface area contributed by atoms with Gasteiger partial charge in [0.15, 0.2) is 5.78 Å². The van der Waals surface area contributed by atoms with Crippen LogP contribution in [-0.4, -0.2) is 24.1 Å². The summed E-state index contributed by atoms with van der Waals surface area (Å²) in [6.07, 6.45) is 0.187. The summed E-state index contributed by atoms with van der Waals surface area (Å²) < 4.78 is 0. The molecule has 0 spiro atoms. The lowest BCUT2D eigenvalue weighted by atomic mass is 10.1. The molecule has 0 saturated carbocycles. The van der Waals surface area contributed by atoms with Gasteiger partial charge in [-0.2, -0.15) is 0 Å². The molecular weight excluding hydrogens is 316 g/mol. The minimum Gasteiger partial charge on any atom is -0.326 e. The Balaban J connectivity index is 1.71. The van der Waals surface area contributed by atoms with E-state index < -0.39 is 5.92 Å². The van der Waals surface area contributed by atoms with E-state index in [1.807, 2.05) is 31.2 Å². The van der Waals surface area contributed by atoms with Crippen molar-refractivity contribution in [3.05, 3.63) is 59.7 Å². The van der Waals surface area contributed by atoms with Crippen LogP contribution in [-0.2, 0) is 9.59 Å². The van der Waals surface area contributed by atoms with Crippen molar-refractivity contribution >= 4 is 29.0 Å². The Kier molecular flexibility index (Phi) is 4.65. The molecule has 1 aliphatic heterocycles. The van der Waals surface area contributed by atoms with Gasteiger partial charge in [-0.15, -0.1) is 0 Å². The van der Waals surface area contributed by atoms with E-state index in [2.05, 4.69) is 5.32 Å². The number of hydrogen-bond donors (Lipinski definition) is 1. The van der Waals surface area contributed by atoms with Crippen LogP contribution in [0.1, 0.15) is 29.3 Å². The average Bonchev–Trinajstić information content (AvgIpc) is 2.97. The molecule has 2 amide bonds. The zero-order chi connectivity index (χ0) is 18.0. The first kappa shape index (κ1) is 16.9. The summed E-state index contributed by atoms with van der Waals surface area (Å²) in [5, 5.41) is 2.81. The van der Waals surface area contributed by atoms with Crippen molar-refractivity contribution in [2.24, 2.45) is 5.92 Å². The van der Waals surface area contributed by atoms with Crippen molar-refractivity contribution in [2.45, 2.75) is 20.3 Å². The van der Waals surface area contributed by atoms with Crippen LogP contribution in [0.5, 0.6) is 0 Å². The fourth-order valence-corrected chi connectivity index (χ4v) is 2.99. The van der Waals surface area contributed by atoms with Crippen LogP contribution in [0, 0.1) is 12.8 Å². The Bertz CT molecular complexity index is 844. The molecule has 0 aromatic heterocycles. The minimum atomic E-state index is -0.408. The first-order chi connectivity index (χ1) is 11.9. The zero-order valence-corrected chi connectivity index (χ0v) is 14.3. The molecule has 5 heteroatoms. The molecule has 1 saturated heterocycles. The fraction of sp³-hybridized carbons (Fsp3) is 0.250. The molecule has 1 fully saturated rings. The second-order valence-electron chi connectivity index (χ2n) is 6.37. The molecule has 0 bridgehead atoms. The molecular formula is C20H20N2O3. The highest BCUT2D eigenvalue weighted by atomic mass is 16.2. The van der Waals surface area contributed by atoms with Gasteiger partial charge in [0, 0.05) is 29.9 Å². The van der Waals surface area contributed by atoms with Gasteiger partial charge in [-0.25, -0.2) is 0 Å². The van der Waals surface area contributed by atoms with Gasteiger partial charge in [0.2, 0.25) is 11.8 Å². The lowest BCUT2D eigenvalue weighted by Crippen LogP contribution is -2.28. The van der Waals surface area contributed by atoms with Gasteiger partial charge >= 0.3 is 0 Å². The van der Waals surface area contributed by atoms with Gasteiger partial charge < -0.3 is 10.2 Å². The van der Waals surface area contributed by atoms with Crippen LogP contribution in [0.3, 0.4) is 0 Å². The molecule has 1 heterocycles. The van der Waals surface area contributed by atoms with E-state index in [9.17, 15) is 14.4 Å². The number of nitrogens with one attached hydrogen (secondary N) is 1. The highest BCUT2D eigenvalue weighted by Gasteiger charge is 2.35. The largest absolute Gasteiger partial charge is 0.326 e. The normalized spacial score (nSPS) is 16.8. The molecule has 128 valence electrons. The van der Waals surface area contributed by atoms with Gasteiger partial charge in [-0.3, -0.25) is 14.4 Å². The van der Waals surface area contributed by atoms with Gasteiger partial charge in [0.25, 0.3) is 0 Å². The molecule has 2 aromatic carbocycles. The number of rotatable bonds is 4. The van der Waals surface area contributed by atoms with E-state index in [4.69, 9.17) is 0 Å². The Hall–Kier alpha value is -2.95. The van der Waals surface area contributed by atoms with Crippen LogP contribution in [0.4, 0.5) is 11.4 Å². The lowest BCUT2D eigenvalue weighted by molar-refractivity contribution is -0.122. The molecule has 25 heavy (non-hydrogen) atoms. The molecule has 2 aromatic rings. The molecule has 1 aliphatic rings. The monoisotopic (exact) mass is 336 g/mol. The van der Waals surface area contributed by atoms with E-state index >= 15 is 0 Å². The van der Waals surface area contributed by atoms with E-state index in [0.29, 0.717) is 17.8 Å². The van der Waals surface area contributed by atoms with Crippen LogP contribution in [0.15, 0.2) is 48.5 Å². The van der Waals surface area contributed by atoms with Gasteiger partial charge in [0.05, 0.1) is 5.92 Å². The summed E-state index contributed by atoms with van der Waals surface area (Å²) in [5.74, 6) is -0.723. The highest BCUT2D eigenvalue weighted by molar-refractivity contribution is 6.04. The Morgan fingerprint density at radius 3 is 2.60 bits per heavy atom. The molecule has 0 unspecified atom stereocenters. The number of Topliss-reactive ketones (excluding diaryl/α,β-unsaturated/α-hetero) is 1. The third-order valence-electron chi connectivity index (χ3n) is 4.35. The zero-order valence-electron chi connectivity index (χ0n) is 14.3. The molecule has 0 radical (unpaired) electrons. The van der Waals surface area contributed by atoms with Crippen LogP contribution in [0.25, 0.3) is 0 Å². The maximum Gasteiger partial charge on any atom is 0.229 e. The number of benzene rings is 2. The number of ketones is 1. The third kappa shape index (κ3) is 3.76. The molecule has 1 N–H and O–H groups in total. The number of carbonyl (C=O) groups is 3. The number of anilines is 2. The first-order valence-electron chi connectivity index (χ1n) is 8.23. The second-order valence-corrected chi connectivity index (χ2v) is 6.37. The van der Waals surface area contributed by atoms with E-state index in [-0.39, 0.29) is 24.0 Å². The SMILES string of the molecule is CC(=O)c1cccc(NC(=O)[C@H]2CC(=O)N(c3cccc(C)c3)C2)c1. The predicted molar refractivity (Wildman–Crippen MR) is 96.7 cm³/mol. The summed E-state index contributed by atoms with van der Waals surface area (Å²) in [7, 11) is 0. The Labute approximate surface area is 146 Å². The maximum absolute atomic E-state index is 12.5. The lowest BCUT2D eigenvalue weighted by Gasteiger charge is -2.17. The molecule has 1 atom stereocenters. The number of amides is 2. The van der Waals surface area contributed by atoms with E-state index in [1.165, 1.54) is 6.92 Å². The number of aryl methyl sites for hydroxylation is 1. The maximum atomic E-state index is 12.5. The van der Waals surface area contributed by atoms with Crippen molar-refractivity contribution in [3.63, 3.8) is 0 Å². The van der Waals surface area contributed by atoms with E-state index in [1.54, 1.807) is 29.2 Å². The summed E-state index contributed by atoms with van der Waals surface area (Å²) in [6.45, 7) is 3.81. The van der Waals surface area contributed by atoms with Crippen LogP contribution < -0.4 is 10.2 Å². The average molecular weight is 336 g/mol. The molecule has 5 nitrogen and oxygen atoms in total. The third-order valence-corrected chi connectivity index (χ3v) is 4.35. The summed E-state index contributed by atoms with van der Waals surface area (Å²) in [5.41, 5.74) is 3.00. The second kappa shape index (κ2) is 6.89. The summed E-state index contributed by atoms with van der Waals surface area (Å²) >= 11 is 0. The molecule has 0 aliphatic carbocycles.